The van der Waals surface area contributed by atoms with E-state index in [-0.39, 0.29) is 0 Å². The number of aliphatic hydroxyl groups excluding tert-OH is 1. The van der Waals surface area contributed by atoms with Gasteiger partial charge in [-0.15, -0.1) is 0 Å². The van der Waals surface area contributed by atoms with Crippen LogP contribution in [0.3, 0.4) is 0 Å². The molecule has 0 rings (SSSR count). The van der Waals surface area contributed by atoms with E-state index in [2.05, 4.69) is 0 Å². The van der Waals surface area contributed by atoms with Crippen molar-refractivity contribution in [2.75, 3.05) is 6.61 Å². The molecule has 0 saturated heterocycles. The van der Waals surface area contributed by atoms with Gasteiger partial charge in [-0.05, 0) is 0 Å². The van der Waals surface area contributed by atoms with Crippen molar-refractivity contribution in [2.45, 2.75) is 12.5 Å². The zero-order valence-electron chi connectivity index (χ0n) is 3.92. The third-order valence-electron chi connectivity index (χ3n) is 0.613. The monoisotopic (exact) mass is 125 g/mol. The number of alkyl halides is 2. The van der Waals surface area contributed by atoms with Crippen molar-refractivity contribution >= 4 is 0 Å². The fraction of sp³-hybridized carbons (Fsp3) is 1.00. The molecule has 0 heterocycles. The fourth-order valence-electron chi connectivity index (χ4n) is 0.159. The number of rotatable bonds is 3. The third-order valence-corrected chi connectivity index (χ3v) is 0.613. The Kier molecular flexibility index (Phi) is 3.18. The first-order valence-electron chi connectivity index (χ1n) is 1.94. The Bertz CT molecular complexity index is 77.7. The number of hydrogen-bond acceptors (Lipinski definition) is 3. The lowest BCUT2D eigenvalue weighted by Gasteiger charge is -1.99. The van der Waals surface area contributed by atoms with Crippen LogP contribution in [0.5, 0.6) is 0 Å². The van der Waals surface area contributed by atoms with Crippen molar-refractivity contribution < 1.29 is 13.9 Å². The second-order valence-electron chi connectivity index (χ2n) is 1.19. The number of nitrogens with zero attached hydrogens (tertiary/aromatic N) is 1. The van der Waals surface area contributed by atoms with Gasteiger partial charge in [0.2, 0.25) is 0 Å². The van der Waals surface area contributed by atoms with Gasteiger partial charge in [-0.2, -0.15) is 4.91 Å². The van der Waals surface area contributed by atoms with Crippen LogP contribution >= 0.6 is 0 Å². The van der Waals surface area contributed by atoms with E-state index in [0.29, 0.717) is 0 Å². The van der Waals surface area contributed by atoms with E-state index in [1.165, 1.54) is 0 Å². The summed E-state index contributed by atoms with van der Waals surface area (Å²) in [6.07, 6.45) is -2.85. The van der Waals surface area contributed by atoms with E-state index in [1.54, 1.807) is 0 Å². The van der Waals surface area contributed by atoms with Crippen LogP contribution in [0.25, 0.3) is 0 Å². The maximum absolute atomic E-state index is 11.2. The van der Waals surface area contributed by atoms with E-state index in [0.717, 1.165) is 0 Å². The second kappa shape index (κ2) is 3.43. The first-order chi connectivity index (χ1) is 3.72. The van der Waals surface area contributed by atoms with Gasteiger partial charge in [0.1, 0.15) is 0 Å². The Morgan fingerprint density at radius 2 is 2.12 bits per heavy atom. The van der Waals surface area contributed by atoms with Crippen molar-refractivity contribution in [3.8, 4) is 0 Å². The van der Waals surface area contributed by atoms with Crippen LogP contribution in [-0.2, 0) is 0 Å². The molecule has 0 aromatic heterocycles. The Hall–Kier alpha value is -0.580. The van der Waals surface area contributed by atoms with Crippen LogP contribution in [-0.4, -0.2) is 24.2 Å². The average molecular weight is 125 g/mol. The molecular formula is C3H5F2NO2. The quantitative estimate of drug-likeness (QED) is 0.554. The summed E-state index contributed by atoms with van der Waals surface area (Å²) in [7, 11) is 0. The van der Waals surface area contributed by atoms with Gasteiger partial charge in [0.15, 0.2) is 6.04 Å². The SMILES string of the molecule is O=NC(CO)C(F)F. The highest BCUT2D eigenvalue weighted by molar-refractivity contribution is 4.64. The molecule has 0 aliphatic heterocycles. The molecule has 0 aliphatic rings. The summed E-state index contributed by atoms with van der Waals surface area (Å²) in [5, 5.41) is 9.88. The number of hydrogen-bond donors (Lipinski definition) is 1. The maximum atomic E-state index is 11.2. The van der Waals surface area contributed by atoms with Gasteiger partial charge < -0.3 is 5.11 Å². The van der Waals surface area contributed by atoms with Crippen LogP contribution in [0.15, 0.2) is 5.18 Å². The largest absolute Gasteiger partial charge is 0.394 e. The molecule has 3 nitrogen and oxygen atoms in total. The Morgan fingerprint density at radius 3 is 2.12 bits per heavy atom. The minimum Gasteiger partial charge on any atom is -0.394 e. The Morgan fingerprint density at radius 1 is 1.62 bits per heavy atom. The maximum Gasteiger partial charge on any atom is 0.266 e. The molecule has 48 valence electrons. The first kappa shape index (κ1) is 7.42. The lowest BCUT2D eigenvalue weighted by Crippen LogP contribution is -2.18. The summed E-state index contributed by atoms with van der Waals surface area (Å²) < 4.78 is 22.5. The van der Waals surface area contributed by atoms with Gasteiger partial charge in [0, 0.05) is 0 Å². The molecule has 0 spiro atoms. The van der Waals surface area contributed by atoms with Crippen molar-refractivity contribution in [1.29, 1.82) is 0 Å². The number of aliphatic hydroxyl groups is 1. The molecule has 0 aliphatic carbocycles. The predicted octanol–water partition coefficient (Wildman–Crippen LogP) is 0.379. The van der Waals surface area contributed by atoms with E-state index < -0.39 is 19.1 Å². The standard InChI is InChI=1S/C3H5F2NO2/c4-3(5)2(1-7)6-8/h2-3,7H,1H2. The summed E-state index contributed by atoms with van der Waals surface area (Å²) in [4.78, 5) is 9.29. The van der Waals surface area contributed by atoms with Gasteiger partial charge in [0.25, 0.3) is 6.43 Å². The zero-order valence-corrected chi connectivity index (χ0v) is 3.92. The number of halogens is 2. The topological polar surface area (TPSA) is 49.7 Å². The highest BCUT2D eigenvalue weighted by Crippen LogP contribution is 2.02. The third kappa shape index (κ3) is 1.92. The predicted molar refractivity (Wildman–Crippen MR) is 22.7 cm³/mol. The van der Waals surface area contributed by atoms with Gasteiger partial charge >= 0.3 is 0 Å². The molecule has 0 aromatic carbocycles. The number of nitroso groups, excluding NO2 is 1. The van der Waals surface area contributed by atoms with E-state index in [1.807, 2.05) is 5.18 Å². The van der Waals surface area contributed by atoms with Gasteiger partial charge in [-0.3, -0.25) is 0 Å². The summed E-state index contributed by atoms with van der Waals surface area (Å²) in [6.45, 7) is -0.888. The molecule has 5 heteroatoms. The fourth-order valence-corrected chi connectivity index (χ4v) is 0.159. The second-order valence-corrected chi connectivity index (χ2v) is 1.19. The summed E-state index contributed by atoms with van der Waals surface area (Å²) in [5.74, 6) is 0. The van der Waals surface area contributed by atoms with Gasteiger partial charge in [0.05, 0.1) is 6.61 Å². The highest BCUT2D eigenvalue weighted by Gasteiger charge is 2.18. The average Bonchev–Trinajstić information content (AvgIpc) is 1.69. The molecule has 0 bridgehead atoms. The van der Waals surface area contributed by atoms with E-state index >= 15 is 0 Å². The molecule has 0 aromatic rings. The van der Waals surface area contributed by atoms with E-state index in [4.69, 9.17) is 5.11 Å². The summed E-state index contributed by atoms with van der Waals surface area (Å²) in [6, 6.07) is -1.75. The van der Waals surface area contributed by atoms with Crippen LogP contribution in [0.4, 0.5) is 8.78 Å². The van der Waals surface area contributed by atoms with E-state index in [9.17, 15) is 13.7 Å². The lowest BCUT2D eigenvalue weighted by atomic mass is 10.4. The van der Waals surface area contributed by atoms with Crippen molar-refractivity contribution in [3.63, 3.8) is 0 Å². The van der Waals surface area contributed by atoms with Gasteiger partial charge in [-0.1, -0.05) is 5.18 Å². The van der Waals surface area contributed by atoms with Crippen molar-refractivity contribution in [3.05, 3.63) is 4.91 Å². The molecule has 0 fully saturated rings. The molecule has 1 N–H and O–H groups in total. The smallest absolute Gasteiger partial charge is 0.266 e. The minimum atomic E-state index is -2.85. The van der Waals surface area contributed by atoms with Crippen molar-refractivity contribution in [2.24, 2.45) is 5.18 Å². The molecule has 1 atom stereocenters. The summed E-state index contributed by atoms with van der Waals surface area (Å²) in [5.41, 5.74) is 0. The van der Waals surface area contributed by atoms with Crippen LogP contribution < -0.4 is 0 Å². The van der Waals surface area contributed by atoms with Crippen LogP contribution in [0, 0.1) is 4.91 Å². The van der Waals surface area contributed by atoms with Crippen LogP contribution in [0.1, 0.15) is 0 Å². The molecule has 1 unspecified atom stereocenters. The molecule has 8 heavy (non-hydrogen) atoms. The Balaban J connectivity index is 3.51. The molecule has 0 saturated carbocycles. The molecule has 0 radical (unpaired) electrons. The first-order valence-corrected chi connectivity index (χ1v) is 1.94. The normalized spacial score (nSPS) is 14.0. The lowest BCUT2D eigenvalue weighted by molar-refractivity contribution is 0.0842. The van der Waals surface area contributed by atoms with Crippen molar-refractivity contribution in [1.82, 2.24) is 0 Å². The molecule has 0 amide bonds. The summed E-state index contributed by atoms with van der Waals surface area (Å²) >= 11 is 0. The molecular weight excluding hydrogens is 120 g/mol. The highest BCUT2D eigenvalue weighted by atomic mass is 19.3. The van der Waals surface area contributed by atoms with Gasteiger partial charge in [-0.25, -0.2) is 8.78 Å². The van der Waals surface area contributed by atoms with Crippen LogP contribution in [0.2, 0.25) is 0 Å². The Labute approximate surface area is 44.3 Å². The minimum absolute atomic E-state index is 0.888. The zero-order chi connectivity index (χ0) is 6.57.